The zero-order valence-electron chi connectivity index (χ0n) is 11.1. The van der Waals surface area contributed by atoms with Crippen molar-refractivity contribution in [2.24, 2.45) is 5.73 Å². The smallest absolute Gasteiger partial charge is 0.240 e. The molecule has 0 aromatic heterocycles. The molecule has 1 aromatic rings. The minimum Gasteiger partial charge on any atom is -0.368 e. The van der Waals surface area contributed by atoms with E-state index in [1.165, 1.54) is 0 Å². The summed E-state index contributed by atoms with van der Waals surface area (Å²) in [7, 11) is 0. The molecular weight excluding hydrogens is 367 g/mol. The van der Waals surface area contributed by atoms with E-state index in [0.29, 0.717) is 13.0 Å². The van der Waals surface area contributed by atoms with Crippen LogP contribution in [0.2, 0.25) is 0 Å². The molecule has 20 heavy (non-hydrogen) atoms. The number of amides is 2. The summed E-state index contributed by atoms with van der Waals surface area (Å²) in [5.41, 5.74) is 6.08. The molecule has 0 spiro atoms. The average molecular weight is 384 g/mol. The Kier molecular flexibility index (Phi) is 3.48. The van der Waals surface area contributed by atoms with Crippen molar-refractivity contribution >= 4 is 34.4 Å². The van der Waals surface area contributed by atoms with Crippen LogP contribution in [0.3, 0.4) is 0 Å². The molecule has 0 radical (unpaired) electrons. The molecule has 1 saturated carbocycles. The van der Waals surface area contributed by atoms with Crippen LogP contribution in [-0.4, -0.2) is 29.3 Å². The molecule has 1 heterocycles. The van der Waals surface area contributed by atoms with Crippen molar-refractivity contribution < 1.29 is 9.59 Å². The Morgan fingerprint density at radius 1 is 1.25 bits per heavy atom. The van der Waals surface area contributed by atoms with Gasteiger partial charge in [-0.2, -0.15) is 0 Å². The maximum atomic E-state index is 12.8. The topological polar surface area (TPSA) is 63.4 Å². The first-order valence-electron chi connectivity index (χ1n) is 6.91. The summed E-state index contributed by atoms with van der Waals surface area (Å²) in [5, 5.41) is 0. The van der Waals surface area contributed by atoms with E-state index in [0.717, 1.165) is 28.4 Å². The molecule has 2 amide bonds. The summed E-state index contributed by atoms with van der Waals surface area (Å²) in [6.45, 7) is 0.651. The number of hydrogen-bond donors (Lipinski definition) is 1. The summed E-state index contributed by atoms with van der Waals surface area (Å²) < 4.78 is 1.16. The third-order valence-corrected chi connectivity index (χ3v) is 5.12. The number of carbonyl (C=O) groups is 2. The van der Waals surface area contributed by atoms with Crippen LogP contribution in [0.25, 0.3) is 0 Å². The molecule has 106 valence electrons. The maximum Gasteiger partial charge on any atom is 0.240 e. The molecule has 1 aliphatic heterocycles. The Hall–Kier alpha value is -1.11. The molecular formula is C15H17IN2O2. The lowest BCUT2D eigenvalue weighted by Gasteiger charge is -2.27. The molecule has 2 N–H and O–H groups in total. The Labute approximate surface area is 131 Å². The minimum absolute atomic E-state index is 0.0833. The van der Waals surface area contributed by atoms with Crippen LogP contribution in [0.1, 0.15) is 31.2 Å². The molecule has 2 fully saturated rings. The second-order valence-electron chi connectivity index (χ2n) is 5.65. The molecule has 1 aromatic carbocycles. The highest BCUT2D eigenvalue weighted by Gasteiger charge is 2.54. The fourth-order valence-electron chi connectivity index (χ4n) is 3.10. The van der Waals surface area contributed by atoms with Crippen LogP contribution in [0.15, 0.2) is 24.3 Å². The highest BCUT2D eigenvalue weighted by atomic mass is 127. The number of nitrogens with zero attached hydrogens (tertiary/aromatic N) is 1. The van der Waals surface area contributed by atoms with E-state index < -0.39 is 11.5 Å². The van der Waals surface area contributed by atoms with Crippen molar-refractivity contribution in [1.82, 2.24) is 4.90 Å². The molecule has 0 bridgehead atoms. The van der Waals surface area contributed by atoms with Gasteiger partial charge in [-0.25, -0.2) is 0 Å². The van der Waals surface area contributed by atoms with Gasteiger partial charge in [0.05, 0.1) is 5.41 Å². The fourth-order valence-corrected chi connectivity index (χ4v) is 3.46. The van der Waals surface area contributed by atoms with E-state index in [1.807, 2.05) is 24.3 Å². The van der Waals surface area contributed by atoms with E-state index in [1.54, 1.807) is 4.90 Å². The minimum atomic E-state index is -0.413. The van der Waals surface area contributed by atoms with E-state index in [4.69, 9.17) is 5.73 Å². The third-order valence-electron chi connectivity index (χ3n) is 4.40. The van der Waals surface area contributed by atoms with Gasteiger partial charge in [0.2, 0.25) is 11.8 Å². The first-order chi connectivity index (χ1) is 9.54. The summed E-state index contributed by atoms with van der Waals surface area (Å²) >= 11 is 2.26. The van der Waals surface area contributed by atoms with Crippen LogP contribution in [-0.2, 0) is 15.0 Å². The maximum absolute atomic E-state index is 12.8. The largest absolute Gasteiger partial charge is 0.368 e. The van der Waals surface area contributed by atoms with Crippen LogP contribution in [0, 0.1) is 3.57 Å². The van der Waals surface area contributed by atoms with Crippen molar-refractivity contribution in [3.05, 3.63) is 33.4 Å². The van der Waals surface area contributed by atoms with Gasteiger partial charge in [-0.1, -0.05) is 12.1 Å². The van der Waals surface area contributed by atoms with Gasteiger partial charge in [0.1, 0.15) is 6.04 Å². The zero-order chi connectivity index (χ0) is 14.3. The van der Waals surface area contributed by atoms with Gasteiger partial charge in [0, 0.05) is 10.1 Å². The van der Waals surface area contributed by atoms with Crippen LogP contribution >= 0.6 is 22.6 Å². The van der Waals surface area contributed by atoms with E-state index in [2.05, 4.69) is 22.6 Å². The summed E-state index contributed by atoms with van der Waals surface area (Å²) in [4.78, 5) is 26.0. The summed E-state index contributed by atoms with van der Waals surface area (Å²) in [5.74, 6) is -0.297. The molecule has 3 rings (SSSR count). The summed E-state index contributed by atoms with van der Waals surface area (Å²) in [6.07, 6.45) is 3.30. The van der Waals surface area contributed by atoms with Crippen molar-refractivity contribution in [3.63, 3.8) is 0 Å². The molecule has 2 aliphatic rings. The molecule has 1 atom stereocenters. The normalized spacial score (nSPS) is 23.6. The van der Waals surface area contributed by atoms with Gasteiger partial charge < -0.3 is 10.6 Å². The zero-order valence-corrected chi connectivity index (χ0v) is 13.3. The lowest BCUT2D eigenvalue weighted by Crippen LogP contribution is -2.47. The number of primary amides is 1. The number of rotatable bonds is 3. The van der Waals surface area contributed by atoms with Gasteiger partial charge in [0.25, 0.3) is 0 Å². The quantitative estimate of drug-likeness (QED) is 0.808. The first-order valence-corrected chi connectivity index (χ1v) is 7.99. The Balaban J connectivity index is 1.86. The third kappa shape index (κ3) is 2.21. The van der Waals surface area contributed by atoms with Crippen LogP contribution in [0.4, 0.5) is 0 Å². The second kappa shape index (κ2) is 5.02. The van der Waals surface area contributed by atoms with Crippen molar-refractivity contribution in [2.45, 2.75) is 37.1 Å². The molecule has 5 heteroatoms. The van der Waals surface area contributed by atoms with Gasteiger partial charge in [-0.3, -0.25) is 9.59 Å². The molecule has 1 aliphatic carbocycles. The predicted octanol–water partition coefficient (Wildman–Crippen LogP) is 1.80. The van der Waals surface area contributed by atoms with Gasteiger partial charge >= 0.3 is 0 Å². The second-order valence-corrected chi connectivity index (χ2v) is 6.89. The first kappa shape index (κ1) is 13.9. The molecule has 1 unspecified atom stereocenters. The van der Waals surface area contributed by atoms with Gasteiger partial charge in [0.15, 0.2) is 0 Å². The number of likely N-dealkylation sites (tertiary alicyclic amines) is 1. The number of halogens is 1. The van der Waals surface area contributed by atoms with Gasteiger partial charge in [-0.05, 0) is 66.0 Å². The standard InChI is InChI=1S/C15H17IN2O2/c16-11-5-3-10(4-6-11)15(7-8-15)14(20)18-9-1-2-12(18)13(17)19/h3-6,12H,1-2,7-9H2,(H2,17,19). The summed E-state index contributed by atoms with van der Waals surface area (Å²) in [6, 6.07) is 7.70. The highest BCUT2D eigenvalue weighted by molar-refractivity contribution is 14.1. The monoisotopic (exact) mass is 384 g/mol. The lowest BCUT2D eigenvalue weighted by atomic mass is 9.94. The number of nitrogens with two attached hydrogens (primary N) is 1. The number of carbonyl (C=O) groups excluding carboxylic acids is 2. The van der Waals surface area contributed by atoms with Gasteiger partial charge in [-0.15, -0.1) is 0 Å². The predicted molar refractivity (Wildman–Crippen MR) is 84.0 cm³/mol. The molecule has 4 nitrogen and oxygen atoms in total. The lowest BCUT2D eigenvalue weighted by molar-refractivity contribution is -0.139. The van der Waals surface area contributed by atoms with Crippen molar-refractivity contribution in [3.8, 4) is 0 Å². The SMILES string of the molecule is NC(=O)C1CCCN1C(=O)C1(c2ccc(I)cc2)CC1. The van der Waals surface area contributed by atoms with E-state index >= 15 is 0 Å². The van der Waals surface area contributed by atoms with Crippen LogP contribution in [0.5, 0.6) is 0 Å². The average Bonchev–Trinajstić information content (AvgIpc) is 3.08. The number of hydrogen-bond acceptors (Lipinski definition) is 2. The molecule has 1 saturated heterocycles. The van der Waals surface area contributed by atoms with Crippen LogP contribution < -0.4 is 5.73 Å². The number of benzene rings is 1. The van der Waals surface area contributed by atoms with E-state index in [9.17, 15) is 9.59 Å². The Bertz CT molecular complexity index is 551. The Morgan fingerprint density at radius 3 is 2.45 bits per heavy atom. The van der Waals surface area contributed by atoms with Crippen molar-refractivity contribution in [1.29, 1.82) is 0 Å². The Morgan fingerprint density at radius 2 is 1.90 bits per heavy atom. The van der Waals surface area contributed by atoms with E-state index in [-0.39, 0.29) is 11.8 Å². The fraction of sp³-hybridized carbons (Fsp3) is 0.467. The van der Waals surface area contributed by atoms with Crippen molar-refractivity contribution in [2.75, 3.05) is 6.54 Å². The highest BCUT2D eigenvalue weighted by Crippen LogP contribution is 2.50.